The molecular formula is C25H24FN5O3. The minimum atomic E-state index is -0.364. The predicted octanol–water partition coefficient (Wildman–Crippen LogP) is 4.84. The van der Waals surface area contributed by atoms with Gasteiger partial charge in [-0.25, -0.2) is 9.37 Å². The molecule has 2 aromatic carbocycles. The monoisotopic (exact) mass is 461 g/mol. The summed E-state index contributed by atoms with van der Waals surface area (Å²) in [4.78, 5) is 18.3. The van der Waals surface area contributed by atoms with E-state index in [-0.39, 0.29) is 11.7 Å². The summed E-state index contributed by atoms with van der Waals surface area (Å²) in [5.74, 6) is 0.799. The highest BCUT2D eigenvalue weighted by Crippen LogP contribution is 2.32. The number of ether oxygens (including phenoxy) is 1. The number of nitrogens with one attached hydrogen (secondary N) is 2. The van der Waals surface area contributed by atoms with Crippen molar-refractivity contribution < 1.29 is 18.4 Å². The summed E-state index contributed by atoms with van der Waals surface area (Å²) < 4.78 is 25.0. The van der Waals surface area contributed by atoms with Gasteiger partial charge in [-0.1, -0.05) is 23.9 Å². The van der Waals surface area contributed by atoms with Gasteiger partial charge in [0.2, 0.25) is 5.91 Å². The quantitative estimate of drug-likeness (QED) is 0.345. The summed E-state index contributed by atoms with van der Waals surface area (Å²) >= 11 is 0. The van der Waals surface area contributed by atoms with Crippen molar-refractivity contribution in [3.8, 4) is 17.1 Å². The summed E-state index contributed by atoms with van der Waals surface area (Å²) in [6.07, 6.45) is 2.77. The predicted molar refractivity (Wildman–Crippen MR) is 130 cm³/mol. The number of rotatable bonds is 9. The number of hydrogen-bond donors (Lipinski definition) is 2. The van der Waals surface area contributed by atoms with Gasteiger partial charge in [-0.15, -0.1) is 0 Å². The van der Waals surface area contributed by atoms with Crippen molar-refractivity contribution in [2.45, 2.75) is 0 Å². The molecule has 8 nitrogen and oxygen atoms in total. The van der Waals surface area contributed by atoms with Crippen LogP contribution < -0.4 is 15.4 Å². The smallest absolute Gasteiger partial charge is 0.247 e. The molecule has 0 unspecified atom stereocenters. The third kappa shape index (κ3) is 5.38. The van der Waals surface area contributed by atoms with Gasteiger partial charge in [0.25, 0.3) is 0 Å². The Morgan fingerprint density at radius 3 is 2.85 bits per heavy atom. The van der Waals surface area contributed by atoms with Crippen molar-refractivity contribution in [3.63, 3.8) is 0 Å². The fraction of sp³-hybridized carbons (Fsp3) is 0.160. The zero-order valence-electron chi connectivity index (χ0n) is 18.8. The van der Waals surface area contributed by atoms with Crippen molar-refractivity contribution in [2.75, 3.05) is 37.9 Å². The molecule has 174 valence electrons. The maximum atomic E-state index is 13.7. The van der Waals surface area contributed by atoms with E-state index in [0.29, 0.717) is 51.8 Å². The van der Waals surface area contributed by atoms with Crippen LogP contribution in [0.5, 0.6) is 5.75 Å². The molecule has 0 saturated carbocycles. The minimum absolute atomic E-state index is 0.349. The molecule has 4 rings (SSSR count). The van der Waals surface area contributed by atoms with Crippen LogP contribution in [0.3, 0.4) is 0 Å². The van der Waals surface area contributed by atoms with Crippen molar-refractivity contribution in [3.05, 3.63) is 73.2 Å². The molecule has 0 radical (unpaired) electrons. The van der Waals surface area contributed by atoms with Gasteiger partial charge in [-0.3, -0.25) is 4.79 Å². The van der Waals surface area contributed by atoms with Gasteiger partial charge in [0.05, 0.1) is 17.3 Å². The number of benzene rings is 2. The summed E-state index contributed by atoms with van der Waals surface area (Å²) in [7, 11) is 3.91. The molecule has 34 heavy (non-hydrogen) atoms. The first kappa shape index (κ1) is 22.9. The molecule has 2 heterocycles. The summed E-state index contributed by atoms with van der Waals surface area (Å²) in [6.45, 7) is 4.69. The lowest BCUT2D eigenvalue weighted by Gasteiger charge is -2.16. The fourth-order valence-electron chi connectivity index (χ4n) is 3.25. The Hall–Kier alpha value is -4.24. The van der Waals surface area contributed by atoms with E-state index in [1.54, 1.807) is 36.5 Å². The van der Waals surface area contributed by atoms with E-state index < -0.39 is 0 Å². The molecule has 0 spiro atoms. The van der Waals surface area contributed by atoms with Crippen LogP contribution in [-0.2, 0) is 4.79 Å². The van der Waals surface area contributed by atoms with E-state index >= 15 is 0 Å². The highest BCUT2D eigenvalue weighted by molar-refractivity contribution is 6.00. The number of fused-ring (bicyclic) bond motifs is 1. The molecule has 1 amide bonds. The number of pyridine rings is 1. The molecule has 2 N–H and O–H groups in total. The first-order valence-corrected chi connectivity index (χ1v) is 10.6. The van der Waals surface area contributed by atoms with Gasteiger partial charge in [0.15, 0.2) is 5.76 Å². The van der Waals surface area contributed by atoms with E-state index in [4.69, 9.17) is 9.26 Å². The van der Waals surface area contributed by atoms with Crippen LogP contribution in [0.2, 0.25) is 0 Å². The second kappa shape index (κ2) is 10.1. The number of hydrogen-bond acceptors (Lipinski definition) is 7. The highest BCUT2D eigenvalue weighted by atomic mass is 19.1. The lowest BCUT2D eigenvalue weighted by molar-refractivity contribution is -0.111. The standard InChI is InChI=1S/C25H24FN5O3/c1-4-24(32)29-20-13-18(8-9-22(20)33-11-10-31(2)3)28-23-14-19-21(15-27-23)30-34-25(19)16-6-5-7-17(26)12-16/h4-9,12-15,28H,1,10-11H2,2-3H3,(H,29,32). The van der Waals surface area contributed by atoms with E-state index in [1.165, 1.54) is 18.2 Å². The third-order valence-corrected chi connectivity index (χ3v) is 4.94. The fourth-order valence-corrected chi connectivity index (χ4v) is 3.25. The van der Waals surface area contributed by atoms with E-state index in [1.807, 2.05) is 25.1 Å². The number of nitrogens with zero attached hydrogens (tertiary/aromatic N) is 3. The first-order chi connectivity index (χ1) is 16.4. The summed E-state index contributed by atoms with van der Waals surface area (Å²) in [5.41, 5.74) is 2.30. The van der Waals surface area contributed by atoms with E-state index in [0.717, 1.165) is 6.54 Å². The second-order valence-electron chi connectivity index (χ2n) is 7.79. The van der Waals surface area contributed by atoms with Crippen LogP contribution in [0, 0.1) is 5.82 Å². The number of carbonyl (C=O) groups excluding carboxylic acids is 1. The third-order valence-electron chi connectivity index (χ3n) is 4.94. The number of halogens is 1. The largest absolute Gasteiger partial charge is 0.490 e. The lowest BCUT2D eigenvalue weighted by atomic mass is 10.1. The maximum Gasteiger partial charge on any atom is 0.247 e. The average Bonchev–Trinajstić information content (AvgIpc) is 3.23. The molecular weight excluding hydrogens is 437 g/mol. The van der Waals surface area contributed by atoms with Gasteiger partial charge in [-0.2, -0.15) is 0 Å². The Bertz CT molecular complexity index is 1340. The SMILES string of the molecule is C=CC(=O)Nc1cc(Nc2cc3c(-c4cccc(F)c4)onc3cn2)ccc1OCCN(C)C. The molecule has 0 fully saturated rings. The molecule has 0 aliphatic carbocycles. The highest BCUT2D eigenvalue weighted by Gasteiger charge is 2.14. The van der Waals surface area contributed by atoms with Crippen LogP contribution in [-0.4, -0.2) is 48.2 Å². The lowest BCUT2D eigenvalue weighted by Crippen LogP contribution is -2.20. The minimum Gasteiger partial charge on any atom is -0.490 e. The number of amides is 1. The Morgan fingerprint density at radius 1 is 1.24 bits per heavy atom. The Labute approximate surface area is 196 Å². The molecule has 0 saturated heterocycles. The average molecular weight is 461 g/mol. The molecule has 0 aliphatic rings. The molecule has 0 aliphatic heterocycles. The Kier molecular flexibility index (Phi) is 6.84. The molecule has 4 aromatic rings. The van der Waals surface area contributed by atoms with Crippen LogP contribution in [0.4, 0.5) is 21.6 Å². The van der Waals surface area contributed by atoms with Crippen LogP contribution in [0.15, 0.2) is 71.9 Å². The van der Waals surface area contributed by atoms with Crippen LogP contribution >= 0.6 is 0 Å². The van der Waals surface area contributed by atoms with Crippen LogP contribution in [0.25, 0.3) is 22.2 Å². The number of likely N-dealkylation sites (N-methyl/N-ethyl adjacent to an activating group) is 1. The summed E-state index contributed by atoms with van der Waals surface area (Å²) in [6, 6.07) is 13.2. The first-order valence-electron chi connectivity index (χ1n) is 10.6. The van der Waals surface area contributed by atoms with Gasteiger partial charge in [0.1, 0.15) is 29.5 Å². The van der Waals surface area contributed by atoms with Gasteiger partial charge >= 0.3 is 0 Å². The molecule has 2 aromatic heterocycles. The van der Waals surface area contributed by atoms with Crippen molar-refractivity contribution in [1.29, 1.82) is 0 Å². The van der Waals surface area contributed by atoms with Gasteiger partial charge < -0.3 is 24.8 Å². The topological polar surface area (TPSA) is 92.5 Å². The van der Waals surface area contributed by atoms with Crippen molar-refractivity contribution >= 4 is 34.0 Å². The van der Waals surface area contributed by atoms with Gasteiger partial charge in [-0.05, 0) is 56.6 Å². The van der Waals surface area contributed by atoms with Crippen molar-refractivity contribution in [1.82, 2.24) is 15.0 Å². The zero-order chi connectivity index (χ0) is 24.1. The Balaban J connectivity index is 1.61. The molecule has 0 bridgehead atoms. The van der Waals surface area contributed by atoms with Crippen LogP contribution in [0.1, 0.15) is 0 Å². The number of aromatic nitrogens is 2. The normalized spacial score (nSPS) is 10.9. The second-order valence-corrected chi connectivity index (χ2v) is 7.79. The zero-order valence-corrected chi connectivity index (χ0v) is 18.8. The Morgan fingerprint density at radius 2 is 2.09 bits per heavy atom. The van der Waals surface area contributed by atoms with E-state index in [2.05, 4.69) is 27.4 Å². The van der Waals surface area contributed by atoms with Gasteiger partial charge in [0, 0.05) is 17.8 Å². The maximum absolute atomic E-state index is 13.7. The molecule has 0 atom stereocenters. The number of anilines is 3. The molecule has 9 heteroatoms. The van der Waals surface area contributed by atoms with E-state index in [9.17, 15) is 9.18 Å². The summed E-state index contributed by atoms with van der Waals surface area (Å²) in [5, 5.41) is 10.7. The van der Waals surface area contributed by atoms with Crippen molar-refractivity contribution in [2.24, 2.45) is 0 Å². The number of carbonyl (C=O) groups is 1.